The zero-order valence-corrected chi connectivity index (χ0v) is 18.2. The second-order valence-corrected chi connectivity index (χ2v) is 7.50. The van der Waals surface area contributed by atoms with Crippen LogP contribution in [0.15, 0.2) is 40.9 Å². The van der Waals surface area contributed by atoms with Crippen molar-refractivity contribution in [2.75, 3.05) is 24.9 Å². The molecule has 0 radical (unpaired) electrons. The maximum atomic E-state index is 12.7. The Kier molecular flexibility index (Phi) is 7.73. The van der Waals surface area contributed by atoms with Crippen molar-refractivity contribution in [3.05, 3.63) is 47.0 Å². The summed E-state index contributed by atoms with van der Waals surface area (Å²) in [7, 11) is 1.25. The molecule has 3 rings (SSSR count). The van der Waals surface area contributed by atoms with Crippen LogP contribution in [0.2, 0.25) is 0 Å². The van der Waals surface area contributed by atoms with E-state index in [1.165, 1.54) is 12.5 Å². The van der Waals surface area contributed by atoms with Gasteiger partial charge in [-0.15, -0.1) is 22.9 Å². The van der Waals surface area contributed by atoms with Crippen molar-refractivity contribution in [3.63, 3.8) is 0 Å². The lowest BCUT2D eigenvalue weighted by Crippen LogP contribution is -2.71. The zero-order valence-electron chi connectivity index (χ0n) is 16.7. The van der Waals surface area contributed by atoms with Gasteiger partial charge in [0.25, 0.3) is 5.91 Å². The van der Waals surface area contributed by atoms with E-state index >= 15 is 0 Å². The van der Waals surface area contributed by atoms with Gasteiger partial charge in [-0.2, -0.15) is 0 Å². The second kappa shape index (κ2) is 10.7. The molecule has 1 aromatic heterocycles. The molecule has 168 valence electrons. The van der Waals surface area contributed by atoms with E-state index in [0.29, 0.717) is 5.56 Å². The first-order valence-electron chi connectivity index (χ1n) is 9.19. The second-order valence-electron chi connectivity index (χ2n) is 6.37. The van der Waals surface area contributed by atoms with E-state index in [2.05, 4.69) is 26.1 Å². The van der Waals surface area contributed by atoms with Crippen LogP contribution in [-0.2, 0) is 24.0 Å². The van der Waals surface area contributed by atoms with Gasteiger partial charge < -0.3 is 25.5 Å². The van der Waals surface area contributed by atoms with Crippen molar-refractivity contribution >= 4 is 57.5 Å². The number of ether oxygens (including phenoxy) is 1. The van der Waals surface area contributed by atoms with Crippen LogP contribution in [-0.4, -0.2) is 66.1 Å². The Hall–Kier alpha value is -3.51. The summed E-state index contributed by atoms with van der Waals surface area (Å²) < 4.78 is 5.21. The van der Waals surface area contributed by atoms with Gasteiger partial charge in [0.1, 0.15) is 31.3 Å². The highest BCUT2D eigenvalue weighted by atomic mass is 35.5. The number of hydrogen-bond donors (Lipinski definition) is 3. The molecule has 0 aliphatic carbocycles. The number of thiazole rings is 1. The average Bonchev–Trinajstić information content (AvgIpc) is 3.26. The highest BCUT2D eigenvalue weighted by molar-refractivity contribution is 7.14. The molecule has 3 amide bonds. The molecule has 2 aromatic rings. The third-order valence-electron chi connectivity index (χ3n) is 4.21. The summed E-state index contributed by atoms with van der Waals surface area (Å²) in [5.74, 6) is -2.42. The Bertz CT molecular complexity index is 1040. The maximum absolute atomic E-state index is 12.7. The first-order chi connectivity index (χ1) is 15.4. The number of nitrogens with zero attached hydrogens (tertiary/aromatic N) is 2. The van der Waals surface area contributed by atoms with E-state index in [1.54, 1.807) is 30.3 Å². The van der Waals surface area contributed by atoms with Gasteiger partial charge in [-0.3, -0.25) is 14.4 Å². The molecule has 0 spiro atoms. The summed E-state index contributed by atoms with van der Waals surface area (Å²) >= 11 is 6.51. The molecule has 13 heteroatoms. The Balaban J connectivity index is 1.61. The van der Waals surface area contributed by atoms with Crippen LogP contribution in [0.25, 0.3) is 0 Å². The van der Waals surface area contributed by atoms with E-state index in [1.807, 2.05) is 0 Å². The molecule has 1 saturated heterocycles. The van der Waals surface area contributed by atoms with Crippen molar-refractivity contribution in [3.8, 4) is 0 Å². The van der Waals surface area contributed by atoms with Crippen molar-refractivity contribution in [1.82, 2.24) is 15.6 Å². The monoisotopic (exact) mass is 479 g/mol. The fourth-order valence-corrected chi connectivity index (χ4v) is 3.45. The Morgan fingerprint density at radius 1 is 1.28 bits per heavy atom. The van der Waals surface area contributed by atoms with Crippen molar-refractivity contribution in [2.24, 2.45) is 5.16 Å². The molecule has 1 fully saturated rings. The lowest BCUT2D eigenvalue weighted by atomic mass is 9.99. The number of rotatable bonds is 9. The summed E-state index contributed by atoms with van der Waals surface area (Å²) in [4.78, 5) is 57.0. The molecule has 32 heavy (non-hydrogen) atoms. The number of carbonyl (C=O) groups excluding carboxylic acids is 4. The number of β-lactam (4-membered cyclic amide) rings is 1. The summed E-state index contributed by atoms with van der Waals surface area (Å²) in [6.07, 6.45) is 0. The van der Waals surface area contributed by atoms with Crippen LogP contribution < -0.4 is 16.0 Å². The average molecular weight is 480 g/mol. The fourth-order valence-electron chi connectivity index (χ4n) is 2.67. The number of nitrogens with one attached hydrogen (secondary N) is 3. The molecule has 11 nitrogen and oxygen atoms in total. The molecular formula is C19H18ClN5O6S. The van der Waals surface area contributed by atoms with Gasteiger partial charge in [-0.1, -0.05) is 23.4 Å². The van der Waals surface area contributed by atoms with Crippen LogP contribution >= 0.6 is 22.9 Å². The van der Waals surface area contributed by atoms with Gasteiger partial charge in [0.2, 0.25) is 11.8 Å². The van der Waals surface area contributed by atoms with Gasteiger partial charge in [-0.05, 0) is 12.1 Å². The molecule has 1 aromatic carbocycles. The SMILES string of the molecule is CO/N=C(\C(=O)N[C@H]1C(=O)N[C@H]1COC(=O)c1ccccc1)c1csc(NC(=O)CCl)n1. The standard InChI is InChI=1S/C19H18ClN5O6S/c1-30-25-15(12-9-32-19(22-12)23-13(26)7-20)17(28)24-14-11(21-16(14)27)8-31-18(29)10-5-3-2-4-6-10/h2-6,9,11,14H,7-8H2,1H3,(H,21,27)(H,24,28)(H,22,23,26)/b25-15-/t11-,14+/m0/s1. The summed E-state index contributed by atoms with van der Waals surface area (Å²) in [5, 5.41) is 12.9. The van der Waals surface area contributed by atoms with Gasteiger partial charge in [-0.25, -0.2) is 9.78 Å². The van der Waals surface area contributed by atoms with Crippen LogP contribution in [0.3, 0.4) is 0 Å². The number of halogens is 1. The predicted octanol–water partition coefficient (Wildman–Crippen LogP) is 0.511. The van der Waals surface area contributed by atoms with E-state index in [-0.39, 0.29) is 29.0 Å². The first-order valence-corrected chi connectivity index (χ1v) is 10.6. The highest BCUT2D eigenvalue weighted by Crippen LogP contribution is 2.17. The van der Waals surface area contributed by atoms with Gasteiger partial charge in [0.05, 0.1) is 11.6 Å². The molecule has 3 N–H and O–H groups in total. The Morgan fingerprint density at radius 2 is 2.03 bits per heavy atom. The lowest BCUT2D eigenvalue weighted by molar-refractivity contribution is -0.135. The number of hydrogen-bond acceptors (Lipinski definition) is 9. The summed E-state index contributed by atoms with van der Waals surface area (Å²) in [5.41, 5.74) is 0.301. The normalized spacial score (nSPS) is 17.6. The van der Waals surface area contributed by atoms with Crippen LogP contribution in [0.5, 0.6) is 0 Å². The third kappa shape index (κ3) is 5.59. The number of amides is 3. The van der Waals surface area contributed by atoms with Crippen molar-refractivity contribution < 1.29 is 28.8 Å². The van der Waals surface area contributed by atoms with Crippen molar-refractivity contribution in [2.45, 2.75) is 12.1 Å². The molecule has 2 atom stereocenters. The quantitative estimate of drug-likeness (QED) is 0.156. The Morgan fingerprint density at radius 3 is 2.69 bits per heavy atom. The first kappa shape index (κ1) is 23.2. The lowest BCUT2D eigenvalue weighted by Gasteiger charge is -2.36. The molecule has 1 aliphatic rings. The van der Waals surface area contributed by atoms with Gasteiger partial charge >= 0.3 is 5.97 Å². The van der Waals surface area contributed by atoms with E-state index in [4.69, 9.17) is 21.2 Å². The van der Waals surface area contributed by atoms with Crippen LogP contribution in [0.4, 0.5) is 5.13 Å². The number of carbonyl (C=O) groups is 4. The number of oxime groups is 1. The number of anilines is 1. The third-order valence-corrected chi connectivity index (χ3v) is 5.22. The van der Waals surface area contributed by atoms with Crippen molar-refractivity contribution in [1.29, 1.82) is 0 Å². The molecule has 0 bridgehead atoms. The van der Waals surface area contributed by atoms with Crippen LogP contribution in [0.1, 0.15) is 16.1 Å². The summed E-state index contributed by atoms with van der Waals surface area (Å²) in [6, 6.07) is 6.82. The zero-order chi connectivity index (χ0) is 23.1. The number of benzene rings is 1. The van der Waals surface area contributed by atoms with E-state index < -0.39 is 35.8 Å². The number of aromatic nitrogens is 1. The summed E-state index contributed by atoms with van der Waals surface area (Å²) in [6.45, 7) is -0.132. The molecule has 1 aliphatic heterocycles. The smallest absolute Gasteiger partial charge is 0.338 e. The Labute approximate surface area is 191 Å². The van der Waals surface area contributed by atoms with Crippen LogP contribution in [0, 0.1) is 0 Å². The molecule has 0 unspecified atom stereocenters. The predicted molar refractivity (Wildman–Crippen MR) is 116 cm³/mol. The minimum absolute atomic E-state index is 0.131. The highest BCUT2D eigenvalue weighted by Gasteiger charge is 2.42. The largest absolute Gasteiger partial charge is 0.460 e. The minimum Gasteiger partial charge on any atom is -0.460 e. The van der Waals surface area contributed by atoms with Gasteiger partial charge in [0.15, 0.2) is 10.8 Å². The minimum atomic E-state index is -0.942. The molecule has 0 saturated carbocycles. The van der Waals surface area contributed by atoms with E-state index in [0.717, 1.165) is 11.3 Å². The number of alkyl halides is 1. The topological polar surface area (TPSA) is 148 Å². The number of esters is 1. The fraction of sp³-hybridized carbons (Fsp3) is 0.263. The van der Waals surface area contributed by atoms with Gasteiger partial charge in [0, 0.05) is 5.38 Å². The maximum Gasteiger partial charge on any atom is 0.338 e. The molecule has 2 heterocycles. The van der Waals surface area contributed by atoms with E-state index in [9.17, 15) is 19.2 Å². The molecular weight excluding hydrogens is 462 g/mol.